The van der Waals surface area contributed by atoms with Crippen molar-refractivity contribution >= 4 is 52.2 Å². The first-order valence-electron chi connectivity index (χ1n) is 11.2. The van der Waals surface area contributed by atoms with Gasteiger partial charge in [-0.1, -0.05) is 48.0 Å². The van der Waals surface area contributed by atoms with E-state index in [1.54, 1.807) is 54.6 Å². The van der Waals surface area contributed by atoms with Crippen molar-refractivity contribution < 1.29 is 23.9 Å². The first-order chi connectivity index (χ1) is 17.4. The van der Waals surface area contributed by atoms with Crippen LogP contribution in [-0.2, 0) is 16.1 Å². The number of rotatable bonds is 9. The standard InChI is InChI=1S/C27H23ClN2O5S/c1-2-34-23-14-18(11-12-22(23)35-17-25(31)29-21-9-4-3-5-10-21)15-24-26(32)30(27(33)36-24)16-19-7-6-8-20(28)13-19/h3-15H,2,16-17H2,1H3,(H,29,31)/b24-15-. The van der Waals surface area contributed by atoms with Crippen molar-refractivity contribution in [1.29, 1.82) is 0 Å². The second kappa shape index (κ2) is 11.8. The van der Waals surface area contributed by atoms with Gasteiger partial charge in [0.1, 0.15) is 0 Å². The number of para-hydroxylation sites is 1. The average molecular weight is 523 g/mol. The van der Waals surface area contributed by atoms with Crippen LogP contribution >= 0.6 is 23.4 Å². The van der Waals surface area contributed by atoms with Crippen LogP contribution in [0.5, 0.6) is 11.5 Å². The third kappa shape index (κ3) is 6.47. The molecule has 0 aliphatic carbocycles. The van der Waals surface area contributed by atoms with E-state index in [0.29, 0.717) is 39.3 Å². The van der Waals surface area contributed by atoms with E-state index in [2.05, 4.69) is 5.32 Å². The minimum Gasteiger partial charge on any atom is -0.490 e. The quantitative estimate of drug-likeness (QED) is 0.347. The van der Waals surface area contributed by atoms with Crippen LogP contribution in [-0.4, -0.2) is 35.2 Å². The average Bonchev–Trinajstić information content (AvgIpc) is 3.11. The summed E-state index contributed by atoms with van der Waals surface area (Å²) < 4.78 is 11.4. The number of amides is 3. The van der Waals surface area contributed by atoms with E-state index >= 15 is 0 Å². The smallest absolute Gasteiger partial charge is 0.293 e. The Morgan fingerprint density at radius 1 is 1.00 bits per heavy atom. The van der Waals surface area contributed by atoms with Gasteiger partial charge in [-0.25, -0.2) is 0 Å². The fraction of sp³-hybridized carbons (Fsp3) is 0.148. The van der Waals surface area contributed by atoms with Crippen LogP contribution in [0, 0.1) is 0 Å². The summed E-state index contributed by atoms with van der Waals surface area (Å²) in [6, 6.07) is 21.2. The molecule has 1 aliphatic heterocycles. The van der Waals surface area contributed by atoms with Crippen LogP contribution in [0.4, 0.5) is 10.5 Å². The van der Waals surface area contributed by atoms with Crippen molar-refractivity contribution in [2.75, 3.05) is 18.5 Å². The minimum atomic E-state index is -0.374. The van der Waals surface area contributed by atoms with Crippen LogP contribution in [0.15, 0.2) is 77.7 Å². The highest BCUT2D eigenvalue weighted by Crippen LogP contribution is 2.35. The zero-order valence-electron chi connectivity index (χ0n) is 19.4. The van der Waals surface area contributed by atoms with Crippen LogP contribution in [0.3, 0.4) is 0 Å². The molecule has 3 amide bonds. The maximum absolute atomic E-state index is 12.9. The molecule has 7 nitrogen and oxygen atoms in total. The molecule has 0 aromatic heterocycles. The molecule has 184 valence electrons. The van der Waals surface area contributed by atoms with Gasteiger partial charge in [-0.15, -0.1) is 0 Å². The lowest BCUT2D eigenvalue weighted by atomic mass is 10.1. The van der Waals surface area contributed by atoms with E-state index < -0.39 is 0 Å². The molecule has 0 bridgehead atoms. The van der Waals surface area contributed by atoms with Gasteiger partial charge in [-0.2, -0.15) is 0 Å². The molecular weight excluding hydrogens is 500 g/mol. The highest BCUT2D eigenvalue weighted by atomic mass is 35.5. The predicted molar refractivity (Wildman–Crippen MR) is 141 cm³/mol. The van der Waals surface area contributed by atoms with Crippen molar-refractivity contribution in [3.8, 4) is 11.5 Å². The highest BCUT2D eigenvalue weighted by Gasteiger charge is 2.35. The summed E-state index contributed by atoms with van der Waals surface area (Å²) in [6.45, 7) is 2.16. The molecule has 4 rings (SSSR count). The number of carbonyl (C=O) groups is 3. The number of nitrogens with one attached hydrogen (secondary N) is 1. The maximum atomic E-state index is 12.9. The molecule has 1 aliphatic rings. The summed E-state index contributed by atoms with van der Waals surface area (Å²) in [5.41, 5.74) is 2.10. The summed E-state index contributed by atoms with van der Waals surface area (Å²) in [5.74, 6) is 0.144. The number of carbonyl (C=O) groups excluding carboxylic acids is 3. The molecule has 1 saturated heterocycles. The molecular formula is C27H23ClN2O5S. The van der Waals surface area contributed by atoms with Gasteiger partial charge in [0.05, 0.1) is 18.1 Å². The van der Waals surface area contributed by atoms with Gasteiger partial charge in [0.25, 0.3) is 17.1 Å². The Kier molecular flexibility index (Phi) is 8.30. The molecule has 9 heteroatoms. The third-order valence-corrected chi connectivity index (χ3v) is 6.23. The van der Waals surface area contributed by atoms with Crippen LogP contribution in [0.1, 0.15) is 18.1 Å². The Morgan fingerprint density at radius 3 is 2.56 bits per heavy atom. The van der Waals surface area contributed by atoms with Gasteiger partial charge < -0.3 is 14.8 Å². The van der Waals surface area contributed by atoms with Gasteiger partial charge in [0.15, 0.2) is 18.1 Å². The Morgan fingerprint density at radius 2 is 1.81 bits per heavy atom. The first kappa shape index (κ1) is 25.3. The lowest BCUT2D eigenvalue weighted by Gasteiger charge is -2.13. The van der Waals surface area contributed by atoms with Gasteiger partial charge in [0.2, 0.25) is 0 Å². The van der Waals surface area contributed by atoms with E-state index in [0.717, 1.165) is 17.3 Å². The van der Waals surface area contributed by atoms with E-state index in [9.17, 15) is 14.4 Å². The van der Waals surface area contributed by atoms with Crippen molar-refractivity contribution in [2.24, 2.45) is 0 Å². The van der Waals surface area contributed by atoms with E-state index in [1.807, 2.05) is 31.2 Å². The molecule has 1 heterocycles. The zero-order chi connectivity index (χ0) is 25.5. The van der Waals surface area contributed by atoms with Crippen LogP contribution in [0.2, 0.25) is 5.02 Å². The summed E-state index contributed by atoms with van der Waals surface area (Å²) in [4.78, 5) is 39.1. The number of hydrogen-bond donors (Lipinski definition) is 1. The third-order valence-electron chi connectivity index (χ3n) is 5.08. The SMILES string of the molecule is CCOc1cc(/C=C2\SC(=O)N(Cc3cccc(Cl)c3)C2=O)ccc1OCC(=O)Nc1ccccc1. The normalized spacial score (nSPS) is 14.3. The van der Waals surface area contributed by atoms with Crippen molar-refractivity contribution in [2.45, 2.75) is 13.5 Å². The van der Waals surface area contributed by atoms with Crippen molar-refractivity contribution in [1.82, 2.24) is 4.90 Å². The topological polar surface area (TPSA) is 84.9 Å². The zero-order valence-corrected chi connectivity index (χ0v) is 21.0. The molecule has 0 spiro atoms. The summed E-state index contributed by atoms with van der Waals surface area (Å²) in [6.07, 6.45) is 1.64. The molecule has 3 aromatic carbocycles. The van der Waals surface area contributed by atoms with Gasteiger partial charge in [-0.05, 0) is 72.3 Å². The monoisotopic (exact) mass is 522 g/mol. The molecule has 0 radical (unpaired) electrons. The van der Waals surface area contributed by atoms with Gasteiger partial charge in [-0.3, -0.25) is 19.3 Å². The number of benzene rings is 3. The van der Waals surface area contributed by atoms with Gasteiger partial charge >= 0.3 is 0 Å². The molecule has 36 heavy (non-hydrogen) atoms. The lowest BCUT2D eigenvalue weighted by molar-refractivity contribution is -0.123. The van der Waals surface area contributed by atoms with E-state index in [1.165, 1.54) is 4.90 Å². The Labute approximate surface area is 218 Å². The van der Waals surface area contributed by atoms with Crippen LogP contribution in [0.25, 0.3) is 6.08 Å². The van der Waals surface area contributed by atoms with E-state index in [-0.39, 0.29) is 30.2 Å². The van der Waals surface area contributed by atoms with E-state index in [4.69, 9.17) is 21.1 Å². The molecule has 0 saturated carbocycles. The number of ether oxygens (including phenoxy) is 2. The minimum absolute atomic E-state index is 0.143. The predicted octanol–water partition coefficient (Wildman–Crippen LogP) is 5.99. The highest BCUT2D eigenvalue weighted by molar-refractivity contribution is 8.18. The number of hydrogen-bond acceptors (Lipinski definition) is 6. The number of nitrogens with zero attached hydrogens (tertiary/aromatic N) is 1. The fourth-order valence-corrected chi connectivity index (χ4v) is 4.52. The number of imide groups is 1. The summed E-state index contributed by atoms with van der Waals surface area (Å²) in [5, 5.41) is 2.95. The second-order valence-electron chi connectivity index (χ2n) is 7.74. The summed E-state index contributed by atoms with van der Waals surface area (Å²) in [7, 11) is 0. The van der Waals surface area contributed by atoms with Crippen LogP contribution < -0.4 is 14.8 Å². The lowest BCUT2D eigenvalue weighted by Crippen LogP contribution is -2.27. The molecule has 1 fully saturated rings. The molecule has 0 unspecified atom stereocenters. The second-order valence-corrected chi connectivity index (χ2v) is 9.17. The molecule has 3 aromatic rings. The van der Waals surface area contributed by atoms with Crippen molar-refractivity contribution in [3.63, 3.8) is 0 Å². The maximum Gasteiger partial charge on any atom is 0.293 e. The van der Waals surface area contributed by atoms with Crippen molar-refractivity contribution in [3.05, 3.63) is 93.9 Å². The first-order valence-corrected chi connectivity index (χ1v) is 12.4. The largest absolute Gasteiger partial charge is 0.490 e. The molecule has 1 N–H and O–H groups in total. The molecule has 0 atom stereocenters. The Balaban J connectivity index is 1.45. The Hall–Kier alpha value is -3.75. The Bertz CT molecular complexity index is 1310. The number of halogens is 1. The fourth-order valence-electron chi connectivity index (χ4n) is 3.47. The number of thioether (sulfide) groups is 1. The summed E-state index contributed by atoms with van der Waals surface area (Å²) >= 11 is 6.90. The van der Waals surface area contributed by atoms with Gasteiger partial charge in [0, 0.05) is 10.7 Å². The number of anilines is 1.